The van der Waals surface area contributed by atoms with E-state index in [0.717, 1.165) is 0 Å². The van der Waals surface area contributed by atoms with Crippen molar-refractivity contribution in [3.8, 4) is 0 Å². The summed E-state index contributed by atoms with van der Waals surface area (Å²) in [6.45, 7) is 4.11. The van der Waals surface area contributed by atoms with Crippen LogP contribution in [0.25, 0.3) is 0 Å². The average molecular weight is 242 g/mol. The third kappa shape index (κ3) is 11.2. The van der Waals surface area contributed by atoms with Crippen LogP contribution in [0.5, 0.6) is 0 Å². The van der Waals surface area contributed by atoms with Crippen LogP contribution in [0.2, 0.25) is 0 Å². The highest BCUT2D eigenvalue weighted by molar-refractivity contribution is 5.80. The highest BCUT2D eigenvalue weighted by atomic mass is 16.5. The van der Waals surface area contributed by atoms with Crippen molar-refractivity contribution in [3.05, 3.63) is 0 Å². The van der Waals surface area contributed by atoms with Crippen molar-refractivity contribution >= 4 is 17.3 Å². The van der Waals surface area contributed by atoms with Crippen LogP contribution in [0.1, 0.15) is 52.4 Å². The predicted octanol–water partition coefficient (Wildman–Crippen LogP) is 2.09. The highest BCUT2D eigenvalue weighted by Gasteiger charge is 2.03. The molecule has 0 aromatic heterocycles. The van der Waals surface area contributed by atoms with Crippen LogP contribution < -0.4 is 0 Å². The third-order valence-corrected chi connectivity index (χ3v) is 2.43. The summed E-state index contributed by atoms with van der Waals surface area (Å²) in [7, 11) is 0. The Balaban J connectivity index is 3.33. The summed E-state index contributed by atoms with van der Waals surface area (Å²) >= 11 is 0. The van der Waals surface area contributed by atoms with Crippen molar-refractivity contribution in [2.45, 2.75) is 52.4 Å². The van der Waals surface area contributed by atoms with E-state index in [2.05, 4.69) is 0 Å². The Labute approximate surface area is 103 Å². The van der Waals surface area contributed by atoms with Crippen molar-refractivity contribution in [1.29, 1.82) is 0 Å². The lowest BCUT2D eigenvalue weighted by Gasteiger charge is -2.02. The van der Waals surface area contributed by atoms with Gasteiger partial charge in [0.25, 0.3) is 0 Å². The highest BCUT2D eigenvalue weighted by Crippen LogP contribution is 2.00. The fraction of sp³-hybridized carbons (Fsp3) is 0.769. The fourth-order valence-electron chi connectivity index (χ4n) is 1.31. The maximum absolute atomic E-state index is 11.3. The fourth-order valence-corrected chi connectivity index (χ4v) is 1.31. The molecular weight excluding hydrogens is 220 g/mol. The Kier molecular flexibility index (Phi) is 9.53. The van der Waals surface area contributed by atoms with E-state index in [9.17, 15) is 14.4 Å². The average Bonchev–Trinajstić information content (AvgIpc) is 2.27. The first-order chi connectivity index (χ1) is 8.06. The smallest absolute Gasteiger partial charge is 0.135 e. The molecule has 0 aliphatic carbocycles. The summed E-state index contributed by atoms with van der Waals surface area (Å²) in [6.07, 6.45) is 2.87. The van der Waals surface area contributed by atoms with Crippen LogP contribution in [0.3, 0.4) is 0 Å². The van der Waals surface area contributed by atoms with Gasteiger partial charge in [0.2, 0.25) is 0 Å². The van der Waals surface area contributed by atoms with Gasteiger partial charge in [-0.05, 0) is 13.3 Å². The molecule has 0 atom stereocenters. The molecule has 0 spiro atoms. The van der Waals surface area contributed by atoms with Gasteiger partial charge in [-0.1, -0.05) is 6.92 Å². The minimum Gasteiger partial charge on any atom is -0.381 e. The maximum Gasteiger partial charge on any atom is 0.135 e. The van der Waals surface area contributed by atoms with Gasteiger partial charge in [-0.2, -0.15) is 0 Å². The first-order valence-corrected chi connectivity index (χ1v) is 6.16. The van der Waals surface area contributed by atoms with Crippen LogP contribution in [-0.4, -0.2) is 30.6 Å². The lowest BCUT2D eigenvalue weighted by atomic mass is 10.1. The van der Waals surface area contributed by atoms with E-state index < -0.39 is 0 Å². The zero-order valence-electron chi connectivity index (χ0n) is 10.8. The normalized spacial score (nSPS) is 10.2. The Morgan fingerprint density at radius 3 is 2.00 bits per heavy atom. The molecular formula is C13H22O4. The van der Waals surface area contributed by atoms with Crippen molar-refractivity contribution < 1.29 is 19.1 Å². The largest absolute Gasteiger partial charge is 0.381 e. The molecule has 17 heavy (non-hydrogen) atoms. The third-order valence-electron chi connectivity index (χ3n) is 2.43. The predicted molar refractivity (Wildman–Crippen MR) is 64.9 cm³/mol. The molecule has 0 rings (SSSR count). The quantitative estimate of drug-likeness (QED) is 0.520. The Hall–Kier alpha value is -1.03. The Bertz CT molecular complexity index is 258. The number of carbonyl (C=O) groups excluding carboxylic acids is 3. The van der Waals surface area contributed by atoms with Crippen LogP contribution >= 0.6 is 0 Å². The van der Waals surface area contributed by atoms with Gasteiger partial charge in [0.05, 0.1) is 13.2 Å². The van der Waals surface area contributed by atoms with Gasteiger partial charge in [-0.25, -0.2) is 0 Å². The van der Waals surface area contributed by atoms with Crippen LogP contribution in [-0.2, 0) is 19.1 Å². The van der Waals surface area contributed by atoms with Gasteiger partial charge >= 0.3 is 0 Å². The Morgan fingerprint density at radius 2 is 1.47 bits per heavy atom. The van der Waals surface area contributed by atoms with E-state index >= 15 is 0 Å². The van der Waals surface area contributed by atoms with Gasteiger partial charge in [0.15, 0.2) is 0 Å². The molecule has 4 nitrogen and oxygen atoms in total. The van der Waals surface area contributed by atoms with E-state index in [1.807, 2.05) is 6.92 Å². The lowest BCUT2D eigenvalue weighted by molar-refractivity contribution is -0.120. The standard InChI is InChI=1S/C13H22O4/c1-3-12(15)7-9-17-10-8-13(16)6-4-5-11(2)14/h3-10H2,1-2H3. The van der Waals surface area contributed by atoms with Gasteiger partial charge in [0, 0.05) is 32.1 Å². The molecule has 0 amide bonds. The molecule has 0 radical (unpaired) electrons. The molecule has 0 heterocycles. The number of hydrogen-bond acceptors (Lipinski definition) is 4. The zero-order valence-corrected chi connectivity index (χ0v) is 10.8. The zero-order chi connectivity index (χ0) is 13.1. The first-order valence-electron chi connectivity index (χ1n) is 6.16. The van der Waals surface area contributed by atoms with E-state index in [4.69, 9.17) is 4.74 Å². The molecule has 0 saturated heterocycles. The molecule has 0 bridgehead atoms. The second-order valence-electron chi connectivity index (χ2n) is 4.10. The first kappa shape index (κ1) is 16.0. The number of ether oxygens (including phenoxy) is 1. The molecule has 0 aliphatic heterocycles. The van der Waals surface area contributed by atoms with Crippen molar-refractivity contribution in [2.75, 3.05) is 13.2 Å². The summed E-state index contributed by atoms with van der Waals surface area (Å²) in [4.78, 5) is 32.9. The van der Waals surface area contributed by atoms with Gasteiger partial charge in [0.1, 0.15) is 17.3 Å². The minimum atomic E-state index is 0.118. The van der Waals surface area contributed by atoms with E-state index in [1.165, 1.54) is 6.92 Å². The summed E-state index contributed by atoms with van der Waals surface area (Å²) in [5, 5.41) is 0. The van der Waals surface area contributed by atoms with Crippen LogP contribution in [0, 0.1) is 0 Å². The summed E-state index contributed by atoms with van der Waals surface area (Å²) < 4.78 is 5.20. The topological polar surface area (TPSA) is 60.4 Å². The number of rotatable bonds is 11. The molecule has 0 N–H and O–H groups in total. The summed E-state index contributed by atoms with van der Waals surface area (Å²) in [6, 6.07) is 0. The Morgan fingerprint density at radius 1 is 0.882 bits per heavy atom. The van der Waals surface area contributed by atoms with Crippen molar-refractivity contribution in [2.24, 2.45) is 0 Å². The molecule has 0 saturated carbocycles. The molecule has 0 aromatic rings. The summed E-state index contributed by atoms with van der Waals surface area (Å²) in [5.74, 6) is 0.415. The van der Waals surface area contributed by atoms with Gasteiger partial charge in [-0.3, -0.25) is 9.59 Å². The number of Topliss-reactive ketones (excluding diaryl/α,β-unsaturated/α-hetero) is 3. The van der Waals surface area contributed by atoms with Crippen LogP contribution in [0.4, 0.5) is 0 Å². The van der Waals surface area contributed by atoms with E-state index in [1.54, 1.807) is 0 Å². The SMILES string of the molecule is CCC(=O)CCOCCC(=O)CCCC(C)=O. The van der Waals surface area contributed by atoms with Crippen molar-refractivity contribution in [1.82, 2.24) is 0 Å². The lowest BCUT2D eigenvalue weighted by Crippen LogP contribution is -2.08. The minimum absolute atomic E-state index is 0.118. The second-order valence-corrected chi connectivity index (χ2v) is 4.10. The molecule has 4 heteroatoms. The van der Waals surface area contributed by atoms with Gasteiger partial charge < -0.3 is 9.53 Å². The molecule has 0 fully saturated rings. The van der Waals surface area contributed by atoms with Crippen LogP contribution in [0.15, 0.2) is 0 Å². The molecule has 0 aliphatic rings. The second kappa shape index (κ2) is 10.1. The van der Waals surface area contributed by atoms with E-state index in [-0.39, 0.29) is 17.3 Å². The number of ketones is 3. The molecule has 98 valence electrons. The number of carbonyl (C=O) groups is 3. The molecule has 0 unspecified atom stereocenters. The van der Waals surface area contributed by atoms with Gasteiger partial charge in [-0.15, -0.1) is 0 Å². The number of hydrogen-bond donors (Lipinski definition) is 0. The van der Waals surface area contributed by atoms with E-state index in [0.29, 0.717) is 51.7 Å². The maximum atomic E-state index is 11.3. The van der Waals surface area contributed by atoms with Crippen molar-refractivity contribution in [3.63, 3.8) is 0 Å². The monoisotopic (exact) mass is 242 g/mol. The molecule has 0 aromatic carbocycles. The summed E-state index contributed by atoms with van der Waals surface area (Å²) in [5.41, 5.74) is 0.